The van der Waals surface area contributed by atoms with Gasteiger partial charge in [-0.2, -0.15) is 0 Å². The molecule has 0 aliphatic heterocycles. The third-order valence-corrected chi connectivity index (χ3v) is 3.29. The van der Waals surface area contributed by atoms with Crippen LogP contribution in [0, 0.1) is 0 Å². The highest BCUT2D eigenvalue weighted by Crippen LogP contribution is 2.18. The lowest BCUT2D eigenvalue weighted by Gasteiger charge is -2.22. The quantitative estimate of drug-likeness (QED) is 0.853. The maximum atomic E-state index is 11.8. The molecule has 1 fully saturated rings. The minimum absolute atomic E-state index is 0.00704. The van der Waals surface area contributed by atoms with E-state index in [0.29, 0.717) is 11.7 Å². The molecule has 0 spiro atoms. The molecule has 1 amide bonds. The fourth-order valence-corrected chi connectivity index (χ4v) is 2.35. The maximum absolute atomic E-state index is 11.8. The number of hydrogen-bond donors (Lipinski definition) is 2. The van der Waals surface area contributed by atoms with Crippen LogP contribution in [0.2, 0.25) is 0 Å². The van der Waals surface area contributed by atoms with Crippen molar-refractivity contribution < 1.29 is 4.79 Å². The summed E-state index contributed by atoms with van der Waals surface area (Å²) in [6.07, 6.45) is 7.79. The first-order chi connectivity index (χ1) is 7.25. The summed E-state index contributed by atoms with van der Waals surface area (Å²) in [4.78, 5) is 14.7. The summed E-state index contributed by atoms with van der Waals surface area (Å²) >= 11 is 3.31. The third kappa shape index (κ3) is 2.84. The monoisotopic (exact) mass is 270 g/mol. The van der Waals surface area contributed by atoms with Crippen molar-refractivity contribution >= 4 is 21.8 Å². The van der Waals surface area contributed by atoms with Crippen LogP contribution in [0.4, 0.5) is 0 Å². The second-order valence-corrected chi connectivity index (χ2v) is 4.96. The molecule has 1 aliphatic rings. The number of aromatic nitrogens is 1. The van der Waals surface area contributed by atoms with Crippen LogP contribution in [-0.2, 0) is 0 Å². The summed E-state index contributed by atoms with van der Waals surface area (Å²) in [5.74, 6) is 0.00704. The highest BCUT2D eigenvalue weighted by atomic mass is 79.9. The molecule has 0 bridgehead atoms. The standard InChI is InChI=1S/C11H15BrN2O/c12-8-6-10(13-7-8)11(15)14-9-4-2-1-3-5-9/h6-7,9,13H,1-5H2,(H,14,15). The van der Waals surface area contributed by atoms with Gasteiger partial charge in [-0.05, 0) is 34.8 Å². The smallest absolute Gasteiger partial charge is 0.267 e. The van der Waals surface area contributed by atoms with Gasteiger partial charge in [-0.1, -0.05) is 19.3 Å². The first-order valence-corrected chi connectivity index (χ1v) is 6.20. The summed E-state index contributed by atoms with van der Waals surface area (Å²) in [5, 5.41) is 3.06. The van der Waals surface area contributed by atoms with Crippen molar-refractivity contribution in [3.8, 4) is 0 Å². The van der Waals surface area contributed by atoms with Crippen molar-refractivity contribution in [2.75, 3.05) is 0 Å². The predicted octanol–water partition coefficient (Wildman–Crippen LogP) is 2.84. The van der Waals surface area contributed by atoms with Gasteiger partial charge in [-0.15, -0.1) is 0 Å². The molecular formula is C11H15BrN2O. The number of carbonyl (C=O) groups is 1. The van der Waals surface area contributed by atoms with Crippen molar-refractivity contribution in [2.45, 2.75) is 38.1 Å². The summed E-state index contributed by atoms with van der Waals surface area (Å²) in [6.45, 7) is 0. The van der Waals surface area contributed by atoms with Crippen LogP contribution < -0.4 is 5.32 Å². The molecule has 2 N–H and O–H groups in total. The minimum Gasteiger partial charge on any atom is -0.356 e. The molecule has 0 atom stereocenters. The zero-order valence-corrected chi connectivity index (χ0v) is 10.1. The number of hydrogen-bond acceptors (Lipinski definition) is 1. The molecular weight excluding hydrogens is 256 g/mol. The molecule has 1 aromatic heterocycles. The van der Waals surface area contributed by atoms with Crippen molar-refractivity contribution in [1.29, 1.82) is 0 Å². The van der Waals surface area contributed by atoms with E-state index in [1.807, 2.05) is 0 Å². The number of halogens is 1. The number of nitrogens with one attached hydrogen (secondary N) is 2. The van der Waals surface area contributed by atoms with Gasteiger partial charge in [-0.25, -0.2) is 0 Å². The van der Waals surface area contributed by atoms with Gasteiger partial charge in [0.15, 0.2) is 0 Å². The van der Waals surface area contributed by atoms with Crippen LogP contribution in [0.15, 0.2) is 16.7 Å². The van der Waals surface area contributed by atoms with Gasteiger partial charge >= 0.3 is 0 Å². The van der Waals surface area contributed by atoms with Crippen molar-refractivity contribution in [1.82, 2.24) is 10.3 Å². The first kappa shape index (κ1) is 10.7. The number of carbonyl (C=O) groups excluding carboxylic acids is 1. The van der Waals surface area contributed by atoms with Crippen molar-refractivity contribution in [3.63, 3.8) is 0 Å². The van der Waals surface area contributed by atoms with Gasteiger partial charge in [0.05, 0.1) is 0 Å². The van der Waals surface area contributed by atoms with Gasteiger partial charge in [0.2, 0.25) is 0 Å². The van der Waals surface area contributed by atoms with Crippen LogP contribution in [-0.4, -0.2) is 16.9 Å². The molecule has 1 heterocycles. The van der Waals surface area contributed by atoms with Crippen molar-refractivity contribution in [3.05, 3.63) is 22.4 Å². The summed E-state index contributed by atoms with van der Waals surface area (Å²) in [7, 11) is 0. The maximum Gasteiger partial charge on any atom is 0.267 e. The molecule has 82 valence electrons. The average Bonchev–Trinajstić information content (AvgIpc) is 2.66. The lowest BCUT2D eigenvalue weighted by Crippen LogP contribution is -2.36. The molecule has 1 aromatic rings. The third-order valence-electron chi connectivity index (χ3n) is 2.83. The molecule has 0 radical (unpaired) electrons. The Hall–Kier alpha value is -0.770. The second kappa shape index (κ2) is 4.84. The Morgan fingerprint density at radius 1 is 1.40 bits per heavy atom. The van der Waals surface area contributed by atoms with Gasteiger partial charge in [0.25, 0.3) is 5.91 Å². The number of rotatable bonds is 2. The van der Waals surface area contributed by atoms with Crippen LogP contribution in [0.25, 0.3) is 0 Å². The van der Waals surface area contributed by atoms with E-state index in [-0.39, 0.29) is 5.91 Å². The molecule has 0 saturated heterocycles. The number of H-pyrrole nitrogens is 1. The SMILES string of the molecule is O=C(NC1CCCCC1)c1cc(Br)c[nH]1. The van der Waals surface area contributed by atoms with E-state index in [1.54, 1.807) is 12.3 Å². The average molecular weight is 271 g/mol. The van der Waals surface area contributed by atoms with E-state index in [4.69, 9.17) is 0 Å². The topological polar surface area (TPSA) is 44.9 Å². The normalized spacial score (nSPS) is 17.7. The van der Waals surface area contributed by atoms with Crippen LogP contribution in [0.1, 0.15) is 42.6 Å². The Kier molecular flexibility index (Phi) is 3.46. The first-order valence-electron chi connectivity index (χ1n) is 5.40. The molecule has 0 unspecified atom stereocenters. The Morgan fingerprint density at radius 3 is 2.73 bits per heavy atom. The van der Waals surface area contributed by atoms with E-state index in [9.17, 15) is 4.79 Å². The fraction of sp³-hybridized carbons (Fsp3) is 0.545. The molecule has 2 rings (SSSR count). The fourth-order valence-electron chi connectivity index (χ4n) is 2.01. The zero-order chi connectivity index (χ0) is 10.7. The highest BCUT2D eigenvalue weighted by molar-refractivity contribution is 9.10. The van der Waals surface area contributed by atoms with Gasteiger partial charge in [0.1, 0.15) is 5.69 Å². The summed E-state index contributed by atoms with van der Waals surface area (Å²) in [5.41, 5.74) is 0.632. The lowest BCUT2D eigenvalue weighted by atomic mass is 9.95. The van der Waals surface area contributed by atoms with E-state index >= 15 is 0 Å². The molecule has 15 heavy (non-hydrogen) atoms. The largest absolute Gasteiger partial charge is 0.356 e. The molecule has 0 aromatic carbocycles. The Labute approximate surface area is 97.8 Å². The van der Waals surface area contributed by atoms with E-state index in [0.717, 1.165) is 17.3 Å². The van der Waals surface area contributed by atoms with Gasteiger partial charge in [0, 0.05) is 16.7 Å². The van der Waals surface area contributed by atoms with Gasteiger partial charge < -0.3 is 10.3 Å². The van der Waals surface area contributed by atoms with Crippen LogP contribution in [0.5, 0.6) is 0 Å². The summed E-state index contributed by atoms with van der Waals surface area (Å²) in [6, 6.07) is 2.17. The Morgan fingerprint density at radius 2 is 2.13 bits per heavy atom. The Balaban J connectivity index is 1.91. The van der Waals surface area contributed by atoms with E-state index in [1.165, 1.54) is 19.3 Å². The van der Waals surface area contributed by atoms with Gasteiger partial charge in [-0.3, -0.25) is 4.79 Å². The predicted molar refractivity (Wildman–Crippen MR) is 62.8 cm³/mol. The molecule has 4 heteroatoms. The zero-order valence-electron chi connectivity index (χ0n) is 8.55. The van der Waals surface area contributed by atoms with E-state index < -0.39 is 0 Å². The van der Waals surface area contributed by atoms with Crippen LogP contribution in [0.3, 0.4) is 0 Å². The number of aromatic amines is 1. The molecule has 1 saturated carbocycles. The number of amides is 1. The van der Waals surface area contributed by atoms with E-state index in [2.05, 4.69) is 26.2 Å². The Bertz CT molecular complexity index is 342. The van der Waals surface area contributed by atoms with Crippen LogP contribution >= 0.6 is 15.9 Å². The molecule has 1 aliphatic carbocycles. The molecule has 3 nitrogen and oxygen atoms in total. The lowest BCUT2D eigenvalue weighted by molar-refractivity contribution is 0.0923. The van der Waals surface area contributed by atoms with Crippen molar-refractivity contribution in [2.24, 2.45) is 0 Å². The minimum atomic E-state index is 0.00704. The highest BCUT2D eigenvalue weighted by Gasteiger charge is 2.17. The second-order valence-electron chi connectivity index (χ2n) is 4.04. The summed E-state index contributed by atoms with van der Waals surface area (Å²) < 4.78 is 0.913.